The molecule has 0 aliphatic carbocycles. The zero-order valence-electron chi connectivity index (χ0n) is 35.8. The van der Waals surface area contributed by atoms with Crippen LogP contribution >= 0.6 is 0 Å². The average Bonchev–Trinajstić information content (AvgIpc) is 3.15. The van der Waals surface area contributed by atoms with Gasteiger partial charge in [-0.3, -0.25) is 9.59 Å². The summed E-state index contributed by atoms with van der Waals surface area (Å²) in [5.74, 6) is -1.59. The molecule has 0 aromatic rings. The first-order valence-corrected chi connectivity index (χ1v) is 21.3. The van der Waals surface area contributed by atoms with Crippen LogP contribution < -0.4 is 0 Å². The van der Waals surface area contributed by atoms with E-state index in [1.165, 1.54) is 38.5 Å². The molecular formula is C48H78NO7+. The Kier molecular flexibility index (Phi) is 35.6. The number of carbonyl (C=O) groups is 3. The van der Waals surface area contributed by atoms with E-state index in [-0.39, 0.29) is 42.7 Å². The molecule has 0 fully saturated rings. The number of unbranched alkanes of at least 4 members (excludes halogenated alkanes) is 10. The molecule has 0 saturated carbocycles. The molecule has 1 N–H and O–H groups in total. The number of aliphatic carboxylic acids is 1. The summed E-state index contributed by atoms with van der Waals surface area (Å²) in [5.41, 5.74) is 0. The van der Waals surface area contributed by atoms with Crippen LogP contribution in [0.1, 0.15) is 136 Å². The van der Waals surface area contributed by atoms with Crippen LogP contribution in [-0.4, -0.2) is 80.6 Å². The molecule has 56 heavy (non-hydrogen) atoms. The van der Waals surface area contributed by atoms with Gasteiger partial charge in [0.05, 0.1) is 34.4 Å². The van der Waals surface area contributed by atoms with Gasteiger partial charge < -0.3 is 23.8 Å². The van der Waals surface area contributed by atoms with Crippen LogP contribution in [-0.2, 0) is 28.6 Å². The zero-order chi connectivity index (χ0) is 41.4. The number of quaternary nitrogens is 1. The molecule has 316 valence electrons. The minimum atomic E-state index is -0.892. The van der Waals surface area contributed by atoms with E-state index < -0.39 is 18.1 Å². The highest BCUT2D eigenvalue weighted by Crippen LogP contribution is 2.13. The number of esters is 2. The standard InChI is InChI=1S/C48H77NO7/c1-6-8-10-12-14-16-18-20-21-22-23-24-25-27-28-30-32-34-36-38-46(50)55-43-44(42-54-41-40-45(48(52)53)49(3,4)5)56-47(51)39-37-35-33-31-29-26-19-17-15-13-11-9-7-2/h8-11,13-17,19-21,26,29,31,33,44-45H,6-7,12,18,22-25,27-28,30,32,34-43H2,1-5H3/p+1/b10-8+,11-9+,15-13+,16-14+,19-17+,21-20+,29-26+,33-31+. The highest BCUT2D eigenvalue weighted by molar-refractivity contribution is 5.72. The normalized spacial score (nSPS) is 13.9. The van der Waals surface area contributed by atoms with E-state index in [0.717, 1.165) is 57.8 Å². The second kappa shape index (κ2) is 38.1. The van der Waals surface area contributed by atoms with Gasteiger partial charge in [-0.15, -0.1) is 0 Å². The van der Waals surface area contributed by atoms with E-state index in [4.69, 9.17) is 14.2 Å². The summed E-state index contributed by atoms with van der Waals surface area (Å²) in [6.45, 7) is 4.37. The summed E-state index contributed by atoms with van der Waals surface area (Å²) in [5, 5.41) is 9.61. The van der Waals surface area contributed by atoms with E-state index in [0.29, 0.717) is 19.3 Å². The summed E-state index contributed by atoms with van der Waals surface area (Å²) >= 11 is 0. The number of likely N-dealkylation sites (N-methyl/N-ethyl adjacent to an activating group) is 1. The van der Waals surface area contributed by atoms with Crippen molar-refractivity contribution in [3.63, 3.8) is 0 Å². The van der Waals surface area contributed by atoms with Crippen molar-refractivity contribution >= 4 is 17.9 Å². The molecular weight excluding hydrogens is 703 g/mol. The number of rotatable bonds is 36. The van der Waals surface area contributed by atoms with E-state index in [1.807, 2.05) is 75.8 Å². The number of carboxylic acid groups (broad SMARTS) is 1. The molecule has 0 aliphatic heterocycles. The Balaban J connectivity index is 4.43. The van der Waals surface area contributed by atoms with Crippen molar-refractivity contribution in [2.75, 3.05) is 41.0 Å². The molecule has 0 spiro atoms. The van der Waals surface area contributed by atoms with Gasteiger partial charge in [0, 0.05) is 19.3 Å². The summed E-state index contributed by atoms with van der Waals surface area (Å²) in [7, 11) is 5.48. The monoisotopic (exact) mass is 781 g/mol. The lowest BCUT2D eigenvalue weighted by molar-refractivity contribution is -0.887. The molecule has 2 atom stereocenters. The number of carbonyl (C=O) groups excluding carboxylic acids is 2. The molecule has 8 nitrogen and oxygen atoms in total. The number of carboxylic acids is 1. The summed E-state index contributed by atoms with van der Waals surface area (Å²) in [6.07, 6.45) is 50.4. The second-order valence-corrected chi connectivity index (χ2v) is 15.0. The van der Waals surface area contributed by atoms with Crippen molar-refractivity contribution < 1.29 is 38.2 Å². The predicted octanol–water partition coefficient (Wildman–Crippen LogP) is 11.5. The maximum Gasteiger partial charge on any atom is 0.362 e. The number of hydrogen-bond acceptors (Lipinski definition) is 6. The Labute approximate surface area is 341 Å². The fourth-order valence-electron chi connectivity index (χ4n) is 5.60. The maximum atomic E-state index is 12.7. The Morgan fingerprint density at radius 3 is 1.64 bits per heavy atom. The van der Waals surface area contributed by atoms with Crippen LogP contribution in [0.5, 0.6) is 0 Å². The largest absolute Gasteiger partial charge is 0.477 e. The Bertz CT molecular complexity index is 1230. The van der Waals surface area contributed by atoms with Gasteiger partial charge in [0.25, 0.3) is 0 Å². The van der Waals surface area contributed by atoms with Crippen molar-refractivity contribution in [3.05, 3.63) is 97.2 Å². The molecule has 0 amide bonds. The van der Waals surface area contributed by atoms with Crippen LogP contribution in [0.3, 0.4) is 0 Å². The van der Waals surface area contributed by atoms with Gasteiger partial charge >= 0.3 is 17.9 Å². The molecule has 0 rings (SSSR count). The zero-order valence-corrected chi connectivity index (χ0v) is 35.8. The van der Waals surface area contributed by atoms with Crippen LogP contribution in [0, 0.1) is 0 Å². The van der Waals surface area contributed by atoms with E-state index in [9.17, 15) is 19.5 Å². The third-order valence-corrected chi connectivity index (χ3v) is 8.86. The predicted molar refractivity (Wildman–Crippen MR) is 233 cm³/mol. The Morgan fingerprint density at radius 1 is 0.554 bits per heavy atom. The van der Waals surface area contributed by atoms with E-state index in [1.54, 1.807) is 0 Å². The number of allylic oxidation sites excluding steroid dienone is 16. The van der Waals surface area contributed by atoms with Crippen molar-refractivity contribution in [2.24, 2.45) is 0 Å². The maximum absolute atomic E-state index is 12.7. The molecule has 0 radical (unpaired) electrons. The molecule has 0 heterocycles. The quantitative estimate of drug-likeness (QED) is 0.0222. The minimum absolute atomic E-state index is 0.0243. The van der Waals surface area contributed by atoms with E-state index >= 15 is 0 Å². The topological polar surface area (TPSA) is 99.1 Å². The summed E-state index contributed by atoms with van der Waals surface area (Å²) < 4.78 is 17.2. The molecule has 2 unspecified atom stereocenters. The van der Waals surface area contributed by atoms with Crippen LogP contribution in [0.15, 0.2) is 97.2 Å². The lowest BCUT2D eigenvalue weighted by Crippen LogP contribution is -2.50. The fraction of sp³-hybridized carbons (Fsp3) is 0.604. The SMILES string of the molecule is CC/C=C/C=C/C=C/C=C/C=C/CCCC(=O)OC(COCCC(C(=O)O)[N+](C)(C)C)COC(=O)CCCCCCCCCCC/C=C/C/C=C/C/C=C/CC. The van der Waals surface area contributed by atoms with Crippen molar-refractivity contribution in [1.29, 1.82) is 0 Å². The molecule has 0 aliphatic rings. The van der Waals surface area contributed by atoms with Crippen LogP contribution in [0.25, 0.3) is 0 Å². The Morgan fingerprint density at radius 2 is 1.05 bits per heavy atom. The van der Waals surface area contributed by atoms with Gasteiger partial charge in [0.15, 0.2) is 12.1 Å². The van der Waals surface area contributed by atoms with Crippen molar-refractivity contribution in [2.45, 2.75) is 148 Å². The number of nitrogens with zero attached hydrogens (tertiary/aromatic N) is 1. The minimum Gasteiger partial charge on any atom is -0.477 e. The first kappa shape index (κ1) is 52.2. The van der Waals surface area contributed by atoms with Gasteiger partial charge in [-0.25, -0.2) is 4.79 Å². The molecule has 0 aromatic heterocycles. The number of hydrogen-bond donors (Lipinski definition) is 1. The number of ether oxygens (including phenoxy) is 3. The molecule has 0 saturated heterocycles. The third-order valence-electron chi connectivity index (χ3n) is 8.86. The molecule has 8 heteroatoms. The first-order chi connectivity index (χ1) is 27.1. The average molecular weight is 781 g/mol. The van der Waals surface area contributed by atoms with Crippen molar-refractivity contribution in [3.8, 4) is 0 Å². The smallest absolute Gasteiger partial charge is 0.362 e. The Hall–Kier alpha value is -3.75. The van der Waals surface area contributed by atoms with Gasteiger partial charge in [-0.2, -0.15) is 0 Å². The highest BCUT2D eigenvalue weighted by atomic mass is 16.6. The second-order valence-electron chi connectivity index (χ2n) is 15.0. The van der Waals surface area contributed by atoms with Gasteiger partial charge in [0.1, 0.15) is 6.61 Å². The van der Waals surface area contributed by atoms with E-state index in [2.05, 4.69) is 56.4 Å². The van der Waals surface area contributed by atoms with Gasteiger partial charge in [-0.05, 0) is 57.8 Å². The summed E-state index contributed by atoms with van der Waals surface area (Å²) in [4.78, 5) is 36.9. The fourth-order valence-corrected chi connectivity index (χ4v) is 5.60. The lowest BCUT2D eigenvalue weighted by Gasteiger charge is -2.31. The molecule has 0 aromatic carbocycles. The summed E-state index contributed by atoms with van der Waals surface area (Å²) in [6, 6.07) is -0.633. The lowest BCUT2D eigenvalue weighted by atomic mass is 10.1. The van der Waals surface area contributed by atoms with Crippen molar-refractivity contribution in [1.82, 2.24) is 0 Å². The highest BCUT2D eigenvalue weighted by Gasteiger charge is 2.31. The first-order valence-electron chi connectivity index (χ1n) is 21.3. The molecule has 0 bridgehead atoms. The van der Waals surface area contributed by atoms with Crippen LogP contribution in [0.2, 0.25) is 0 Å². The van der Waals surface area contributed by atoms with Gasteiger partial charge in [-0.1, -0.05) is 156 Å². The van der Waals surface area contributed by atoms with Crippen LogP contribution in [0.4, 0.5) is 0 Å². The third kappa shape index (κ3) is 35.9. The van der Waals surface area contributed by atoms with Gasteiger partial charge in [0.2, 0.25) is 0 Å².